The van der Waals surface area contributed by atoms with Crippen LogP contribution in [0.25, 0.3) is 10.9 Å². The summed E-state index contributed by atoms with van der Waals surface area (Å²) in [4.78, 5) is 15.4. The Hall–Kier alpha value is -3.08. The van der Waals surface area contributed by atoms with E-state index in [0.717, 1.165) is 28.6 Å². The van der Waals surface area contributed by atoms with Crippen molar-refractivity contribution >= 4 is 23.0 Å². The van der Waals surface area contributed by atoms with Crippen molar-refractivity contribution < 1.29 is 9.53 Å². The van der Waals surface area contributed by atoms with E-state index in [1.165, 1.54) is 5.56 Å². The summed E-state index contributed by atoms with van der Waals surface area (Å²) in [5.41, 5.74) is 5.79. The minimum atomic E-state index is -0.0254. The van der Waals surface area contributed by atoms with Crippen LogP contribution in [0.2, 0.25) is 0 Å². The van der Waals surface area contributed by atoms with E-state index in [0.29, 0.717) is 5.92 Å². The molecule has 2 aromatic carbocycles. The number of aromatic amines is 1. The third-order valence-electron chi connectivity index (χ3n) is 4.65. The number of fused-ring (bicyclic) bond motifs is 1. The molecule has 0 bridgehead atoms. The van der Waals surface area contributed by atoms with Gasteiger partial charge >= 0.3 is 0 Å². The molecule has 1 fully saturated rings. The zero-order valence-electron chi connectivity index (χ0n) is 13.9. The second-order valence-electron chi connectivity index (χ2n) is 6.25. The summed E-state index contributed by atoms with van der Waals surface area (Å²) < 4.78 is 5.25. The number of H-pyrrole nitrogens is 1. The van der Waals surface area contributed by atoms with Gasteiger partial charge in [-0.05, 0) is 36.1 Å². The average Bonchev–Trinajstić information content (AvgIpc) is 3.37. The number of carbonyl (C=O) groups excluding carboxylic acids is 1. The van der Waals surface area contributed by atoms with Crippen molar-refractivity contribution in [1.29, 1.82) is 0 Å². The van der Waals surface area contributed by atoms with Gasteiger partial charge in [0.1, 0.15) is 5.75 Å². The number of amides is 1. The maximum Gasteiger partial charge on any atom is 0.243 e. The van der Waals surface area contributed by atoms with Crippen LogP contribution in [-0.4, -0.2) is 24.2 Å². The highest BCUT2D eigenvalue weighted by Crippen LogP contribution is 2.47. The number of carbonyl (C=O) groups is 1. The van der Waals surface area contributed by atoms with Gasteiger partial charge in [0.15, 0.2) is 0 Å². The number of ether oxygens (including phenoxy) is 1. The number of rotatable bonds is 5. The fourth-order valence-electron chi connectivity index (χ4n) is 3.16. The van der Waals surface area contributed by atoms with Crippen molar-refractivity contribution in [2.75, 3.05) is 7.11 Å². The molecule has 1 saturated carbocycles. The molecule has 126 valence electrons. The lowest BCUT2D eigenvalue weighted by atomic mass is 10.1. The largest absolute Gasteiger partial charge is 0.497 e. The molecule has 1 aliphatic carbocycles. The van der Waals surface area contributed by atoms with Gasteiger partial charge in [-0.3, -0.25) is 4.79 Å². The van der Waals surface area contributed by atoms with Gasteiger partial charge in [-0.1, -0.05) is 30.3 Å². The SMILES string of the molecule is COc1ccc2[nH]cc(/C=N/NC(=O)[C@@H]3C[C@H]3c3ccccc3)c2c1. The monoisotopic (exact) mass is 333 g/mol. The van der Waals surface area contributed by atoms with Gasteiger partial charge in [-0.25, -0.2) is 5.43 Å². The van der Waals surface area contributed by atoms with Crippen molar-refractivity contribution in [3.63, 3.8) is 0 Å². The Balaban J connectivity index is 1.41. The number of benzene rings is 2. The van der Waals surface area contributed by atoms with E-state index < -0.39 is 0 Å². The van der Waals surface area contributed by atoms with Gasteiger partial charge in [0.25, 0.3) is 0 Å². The van der Waals surface area contributed by atoms with Crippen molar-refractivity contribution in [2.24, 2.45) is 11.0 Å². The Kier molecular flexibility index (Phi) is 3.98. The predicted molar refractivity (Wildman–Crippen MR) is 97.9 cm³/mol. The smallest absolute Gasteiger partial charge is 0.243 e. The van der Waals surface area contributed by atoms with E-state index in [1.807, 2.05) is 42.6 Å². The third kappa shape index (κ3) is 3.13. The van der Waals surface area contributed by atoms with E-state index in [2.05, 4.69) is 27.6 Å². The number of aromatic nitrogens is 1. The molecule has 0 saturated heterocycles. The van der Waals surface area contributed by atoms with Crippen LogP contribution in [0.4, 0.5) is 0 Å². The lowest BCUT2D eigenvalue weighted by molar-refractivity contribution is -0.122. The molecule has 0 radical (unpaired) electrons. The first-order valence-electron chi connectivity index (χ1n) is 8.29. The molecule has 5 heteroatoms. The molecule has 2 atom stereocenters. The lowest BCUT2D eigenvalue weighted by Gasteiger charge is -2.00. The van der Waals surface area contributed by atoms with Crippen LogP contribution < -0.4 is 10.2 Å². The summed E-state index contributed by atoms with van der Waals surface area (Å²) in [6, 6.07) is 15.9. The van der Waals surface area contributed by atoms with Crippen LogP contribution in [-0.2, 0) is 4.79 Å². The molecular formula is C20H19N3O2. The molecular weight excluding hydrogens is 314 g/mol. The lowest BCUT2D eigenvalue weighted by Crippen LogP contribution is -2.20. The van der Waals surface area contributed by atoms with Crippen LogP contribution >= 0.6 is 0 Å². The van der Waals surface area contributed by atoms with Crippen LogP contribution in [0.3, 0.4) is 0 Å². The van der Waals surface area contributed by atoms with Crippen molar-refractivity contribution in [3.8, 4) is 5.75 Å². The van der Waals surface area contributed by atoms with Crippen LogP contribution in [0, 0.1) is 5.92 Å². The molecule has 3 aromatic rings. The number of nitrogens with one attached hydrogen (secondary N) is 2. The number of methoxy groups -OCH3 is 1. The normalized spacial score (nSPS) is 19.2. The standard InChI is InChI=1S/C20H19N3O2/c1-25-15-7-8-19-17(9-15)14(11-21-19)12-22-23-20(24)18-10-16(18)13-5-3-2-4-6-13/h2-9,11-12,16,18,21H,10H2,1H3,(H,23,24)/b22-12+/t16-,18+/m0/s1. The zero-order chi connectivity index (χ0) is 17.2. The van der Waals surface area contributed by atoms with Crippen molar-refractivity contribution in [3.05, 3.63) is 65.9 Å². The Morgan fingerprint density at radius 3 is 2.92 bits per heavy atom. The maximum atomic E-state index is 12.2. The molecule has 0 spiro atoms. The summed E-state index contributed by atoms with van der Waals surface area (Å²) in [7, 11) is 1.64. The molecule has 1 aromatic heterocycles. The Bertz CT molecular complexity index is 931. The highest BCUT2D eigenvalue weighted by molar-refractivity contribution is 6.00. The molecule has 5 nitrogen and oxygen atoms in total. The highest BCUT2D eigenvalue weighted by Gasteiger charge is 2.43. The van der Waals surface area contributed by atoms with Gasteiger partial charge in [0.05, 0.1) is 13.3 Å². The average molecular weight is 333 g/mol. The minimum absolute atomic E-state index is 0.0163. The maximum absolute atomic E-state index is 12.2. The first-order valence-corrected chi connectivity index (χ1v) is 8.29. The third-order valence-corrected chi connectivity index (χ3v) is 4.65. The topological polar surface area (TPSA) is 66.5 Å². The second kappa shape index (κ2) is 6.43. The van der Waals surface area contributed by atoms with Crippen LogP contribution in [0.5, 0.6) is 5.75 Å². The Morgan fingerprint density at radius 2 is 2.12 bits per heavy atom. The van der Waals surface area contributed by atoms with E-state index in [-0.39, 0.29) is 11.8 Å². The zero-order valence-corrected chi connectivity index (χ0v) is 13.9. The summed E-state index contributed by atoms with van der Waals surface area (Å²) in [5.74, 6) is 1.09. The van der Waals surface area contributed by atoms with Crippen LogP contribution in [0.1, 0.15) is 23.5 Å². The van der Waals surface area contributed by atoms with Crippen LogP contribution in [0.15, 0.2) is 59.8 Å². The number of hydrogen-bond acceptors (Lipinski definition) is 3. The Morgan fingerprint density at radius 1 is 1.28 bits per heavy atom. The Labute approximate surface area is 145 Å². The van der Waals surface area contributed by atoms with Gasteiger partial charge < -0.3 is 9.72 Å². The minimum Gasteiger partial charge on any atom is -0.497 e. The van der Waals surface area contributed by atoms with E-state index in [1.54, 1.807) is 13.3 Å². The van der Waals surface area contributed by atoms with Gasteiger partial charge in [0, 0.05) is 28.6 Å². The van der Waals surface area contributed by atoms with Gasteiger partial charge in [-0.2, -0.15) is 5.10 Å². The second-order valence-corrected chi connectivity index (χ2v) is 6.25. The van der Waals surface area contributed by atoms with Gasteiger partial charge in [-0.15, -0.1) is 0 Å². The van der Waals surface area contributed by atoms with E-state index >= 15 is 0 Å². The predicted octanol–water partition coefficient (Wildman–Crippen LogP) is 3.43. The molecule has 0 aliphatic heterocycles. The molecule has 1 amide bonds. The summed E-state index contributed by atoms with van der Waals surface area (Å²) >= 11 is 0. The summed E-state index contributed by atoms with van der Waals surface area (Å²) in [5, 5.41) is 5.13. The molecule has 1 aliphatic rings. The highest BCUT2D eigenvalue weighted by atomic mass is 16.5. The molecule has 25 heavy (non-hydrogen) atoms. The van der Waals surface area contributed by atoms with E-state index in [9.17, 15) is 4.79 Å². The summed E-state index contributed by atoms with van der Waals surface area (Å²) in [6.45, 7) is 0. The summed E-state index contributed by atoms with van der Waals surface area (Å²) in [6.07, 6.45) is 4.41. The van der Waals surface area contributed by atoms with E-state index in [4.69, 9.17) is 4.74 Å². The first kappa shape index (κ1) is 15.4. The molecule has 4 rings (SSSR count). The number of nitrogens with zero attached hydrogens (tertiary/aromatic N) is 1. The number of hydrazone groups is 1. The molecule has 0 unspecified atom stereocenters. The van der Waals surface area contributed by atoms with Crippen molar-refractivity contribution in [1.82, 2.24) is 10.4 Å². The molecule has 2 N–H and O–H groups in total. The number of hydrogen-bond donors (Lipinski definition) is 2. The quantitative estimate of drug-likeness (QED) is 0.555. The van der Waals surface area contributed by atoms with Gasteiger partial charge in [0.2, 0.25) is 5.91 Å². The fraction of sp³-hybridized carbons (Fsp3) is 0.200. The molecule has 1 heterocycles. The van der Waals surface area contributed by atoms with Crippen molar-refractivity contribution in [2.45, 2.75) is 12.3 Å². The fourth-order valence-corrected chi connectivity index (χ4v) is 3.16. The first-order chi connectivity index (χ1) is 12.3.